The van der Waals surface area contributed by atoms with Crippen LogP contribution in [-0.4, -0.2) is 14.5 Å². The number of fused-ring (bicyclic) bond motifs is 1. The van der Waals surface area contributed by atoms with Crippen LogP contribution < -0.4 is 0 Å². The van der Waals surface area contributed by atoms with E-state index in [1.807, 2.05) is 0 Å². The zero-order chi connectivity index (χ0) is 12.4. The molecule has 0 aromatic heterocycles. The van der Waals surface area contributed by atoms with Gasteiger partial charge in [0.1, 0.15) is 0 Å². The van der Waals surface area contributed by atoms with Gasteiger partial charge in [0.25, 0.3) is 0 Å². The van der Waals surface area contributed by atoms with Gasteiger partial charge in [0.2, 0.25) is 0 Å². The van der Waals surface area contributed by atoms with Gasteiger partial charge in [-0.15, -0.1) is 0 Å². The van der Waals surface area contributed by atoms with Crippen LogP contribution in [0.1, 0.15) is 36.4 Å². The maximum Gasteiger partial charge on any atom is 0.0548 e. The van der Waals surface area contributed by atoms with Crippen molar-refractivity contribution in [2.45, 2.75) is 38.4 Å². The zero-order valence-corrected chi connectivity index (χ0v) is 11.9. The second-order valence-electron chi connectivity index (χ2n) is 4.95. The highest BCUT2D eigenvalue weighted by atomic mass is 28.3. The molecule has 0 saturated heterocycles. The highest BCUT2D eigenvalue weighted by Gasteiger charge is 2.27. The summed E-state index contributed by atoms with van der Waals surface area (Å²) in [7, 11) is -0.377. The van der Waals surface area contributed by atoms with Crippen molar-refractivity contribution >= 4 is 20.1 Å². The second kappa shape index (κ2) is 5.01. The fraction of sp³-hybridized carbons (Fsp3) is 0.400. The van der Waals surface area contributed by atoms with Crippen LogP contribution in [0.2, 0.25) is 13.1 Å². The average molecular weight is 242 g/mol. The Morgan fingerprint density at radius 3 is 2.65 bits per heavy atom. The molecule has 17 heavy (non-hydrogen) atoms. The molecule has 1 aliphatic rings. The predicted octanol–water partition coefficient (Wildman–Crippen LogP) is 4.28. The molecule has 1 atom stereocenters. The molecule has 0 bridgehead atoms. The van der Waals surface area contributed by atoms with Gasteiger partial charge in [0.15, 0.2) is 0 Å². The van der Waals surface area contributed by atoms with Crippen LogP contribution in [-0.2, 0) is 0 Å². The van der Waals surface area contributed by atoms with Crippen molar-refractivity contribution in [1.29, 1.82) is 5.41 Å². The first-order chi connectivity index (χ1) is 8.15. The minimum Gasteiger partial charge on any atom is -0.305 e. The van der Waals surface area contributed by atoms with E-state index >= 15 is 0 Å². The maximum atomic E-state index is 8.19. The van der Waals surface area contributed by atoms with E-state index in [4.69, 9.17) is 5.41 Å². The topological polar surface area (TPSA) is 23.9 Å². The van der Waals surface area contributed by atoms with E-state index in [1.54, 1.807) is 0 Å². The minimum atomic E-state index is -0.377. The van der Waals surface area contributed by atoms with E-state index in [-0.39, 0.29) is 8.80 Å². The van der Waals surface area contributed by atoms with Gasteiger partial charge in [-0.1, -0.05) is 56.8 Å². The Labute approximate surface area is 106 Å². The third kappa shape index (κ3) is 2.27. The van der Waals surface area contributed by atoms with Crippen LogP contribution in [0.15, 0.2) is 30.3 Å². The van der Waals surface area contributed by atoms with Crippen molar-refractivity contribution < 1.29 is 0 Å². The van der Waals surface area contributed by atoms with Gasteiger partial charge in [0, 0.05) is 5.71 Å². The number of rotatable bonds is 4. The summed E-state index contributed by atoms with van der Waals surface area (Å²) >= 11 is 0. The van der Waals surface area contributed by atoms with Crippen molar-refractivity contribution in [2.24, 2.45) is 0 Å². The van der Waals surface area contributed by atoms with Crippen molar-refractivity contribution in [3.05, 3.63) is 41.5 Å². The molecule has 0 spiro atoms. The number of nitrogens with one attached hydrogen (secondary N) is 1. The molecule has 1 aromatic rings. The standard InChI is InChI=1S/C15H20NSi/c1-4-7-14(16)13-10-15(17(2)3)12-9-6-5-8-11(12)13/h5-6,8-10,15-16H,4,7H2,1-3H3. The second-order valence-corrected chi connectivity index (χ2v) is 7.73. The lowest BCUT2D eigenvalue weighted by atomic mass is 10.00. The first-order valence-electron chi connectivity index (χ1n) is 6.34. The number of hydrogen-bond acceptors (Lipinski definition) is 1. The molecule has 0 heterocycles. The summed E-state index contributed by atoms with van der Waals surface area (Å²) in [5.41, 5.74) is 5.34. The molecular formula is C15H20NSi. The SMILES string of the molecule is CCCC(=N)C1=CC([Si](C)C)c2ccccc21. The Hall–Kier alpha value is -1.15. The molecule has 1 radical (unpaired) electrons. The van der Waals surface area contributed by atoms with E-state index in [0.29, 0.717) is 5.54 Å². The van der Waals surface area contributed by atoms with Crippen molar-refractivity contribution in [3.8, 4) is 0 Å². The molecule has 2 rings (SSSR count). The zero-order valence-electron chi connectivity index (χ0n) is 10.9. The molecule has 89 valence electrons. The maximum absolute atomic E-state index is 8.19. The molecule has 0 fully saturated rings. The van der Waals surface area contributed by atoms with Gasteiger partial charge in [-0.25, -0.2) is 0 Å². The largest absolute Gasteiger partial charge is 0.305 e. The molecule has 0 saturated carbocycles. The van der Waals surface area contributed by atoms with Crippen LogP contribution in [0, 0.1) is 5.41 Å². The molecule has 2 heteroatoms. The Morgan fingerprint density at radius 1 is 1.29 bits per heavy atom. The fourth-order valence-electron chi connectivity index (χ4n) is 2.49. The van der Waals surface area contributed by atoms with Gasteiger partial charge in [-0.3, -0.25) is 0 Å². The molecule has 1 aromatic carbocycles. The van der Waals surface area contributed by atoms with Crippen LogP contribution >= 0.6 is 0 Å². The highest BCUT2D eigenvalue weighted by molar-refractivity contribution is 6.59. The van der Waals surface area contributed by atoms with Crippen LogP contribution in [0.3, 0.4) is 0 Å². The molecule has 1 nitrogen and oxygen atoms in total. The summed E-state index contributed by atoms with van der Waals surface area (Å²) in [4.78, 5) is 0. The van der Waals surface area contributed by atoms with Gasteiger partial charge in [0.05, 0.1) is 8.80 Å². The number of allylic oxidation sites excluding steroid dienone is 2. The quantitative estimate of drug-likeness (QED) is 0.602. The van der Waals surface area contributed by atoms with Crippen molar-refractivity contribution in [1.82, 2.24) is 0 Å². The summed E-state index contributed by atoms with van der Waals surface area (Å²) in [6.45, 7) is 6.85. The van der Waals surface area contributed by atoms with Crippen molar-refractivity contribution in [3.63, 3.8) is 0 Å². The van der Waals surface area contributed by atoms with E-state index in [1.165, 1.54) is 16.7 Å². The van der Waals surface area contributed by atoms with Gasteiger partial charge in [-0.05, 0) is 28.7 Å². The normalized spacial score (nSPS) is 18.1. The van der Waals surface area contributed by atoms with Crippen LogP contribution in [0.5, 0.6) is 0 Å². The van der Waals surface area contributed by atoms with E-state index in [0.717, 1.165) is 18.6 Å². The Kier molecular flexibility index (Phi) is 3.62. The molecular weight excluding hydrogens is 222 g/mol. The molecule has 0 aliphatic heterocycles. The van der Waals surface area contributed by atoms with Crippen LogP contribution in [0.4, 0.5) is 0 Å². The first kappa shape index (κ1) is 12.3. The lowest BCUT2D eigenvalue weighted by Crippen LogP contribution is -2.11. The number of hydrogen-bond donors (Lipinski definition) is 1. The Bertz CT molecular complexity index is 460. The first-order valence-corrected chi connectivity index (χ1v) is 8.91. The summed E-state index contributed by atoms with van der Waals surface area (Å²) in [6, 6.07) is 8.62. The summed E-state index contributed by atoms with van der Waals surface area (Å²) in [5, 5.41) is 8.19. The van der Waals surface area contributed by atoms with Gasteiger partial charge in [-0.2, -0.15) is 0 Å². The number of benzene rings is 1. The van der Waals surface area contributed by atoms with Crippen molar-refractivity contribution in [2.75, 3.05) is 0 Å². The van der Waals surface area contributed by atoms with Gasteiger partial charge >= 0.3 is 0 Å². The predicted molar refractivity (Wildman–Crippen MR) is 77.3 cm³/mol. The fourth-order valence-corrected chi connectivity index (χ4v) is 3.86. The molecule has 1 N–H and O–H groups in total. The van der Waals surface area contributed by atoms with Gasteiger partial charge < -0.3 is 5.41 Å². The minimum absolute atomic E-state index is 0.377. The third-order valence-corrected chi connectivity index (χ3v) is 5.09. The lowest BCUT2D eigenvalue weighted by molar-refractivity contribution is 0.992. The Morgan fingerprint density at radius 2 is 2.00 bits per heavy atom. The average Bonchev–Trinajstić information content (AvgIpc) is 2.69. The molecule has 1 aliphatic carbocycles. The lowest BCUT2D eigenvalue weighted by Gasteiger charge is -2.12. The van der Waals surface area contributed by atoms with E-state index < -0.39 is 0 Å². The molecule has 1 unspecified atom stereocenters. The highest BCUT2D eigenvalue weighted by Crippen LogP contribution is 2.38. The Balaban J connectivity index is 2.41. The monoisotopic (exact) mass is 242 g/mol. The van der Waals surface area contributed by atoms with E-state index in [9.17, 15) is 0 Å². The van der Waals surface area contributed by atoms with Crippen LogP contribution in [0.25, 0.3) is 5.57 Å². The smallest absolute Gasteiger partial charge is 0.0548 e. The molecule has 0 amide bonds. The summed E-state index contributed by atoms with van der Waals surface area (Å²) < 4.78 is 0. The summed E-state index contributed by atoms with van der Waals surface area (Å²) in [5.74, 6) is 0. The van der Waals surface area contributed by atoms with E-state index in [2.05, 4.69) is 50.4 Å². The summed E-state index contributed by atoms with van der Waals surface area (Å²) in [6.07, 6.45) is 4.29. The third-order valence-electron chi connectivity index (χ3n) is 3.37.